The van der Waals surface area contributed by atoms with Gasteiger partial charge in [0.05, 0.1) is 0 Å². The molecule has 1 atom stereocenters. The Bertz CT molecular complexity index is 1210. The molecule has 3 aromatic rings. The number of primary amides is 1. The Labute approximate surface area is 202 Å². The number of rotatable bonds is 6. The van der Waals surface area contributed by atoms with Crippen molar-refractivity contribution in [2.45, 2.75) is 24.5 Å². The van der Waals surface area contributed by atoms with E-state index in [0.29, 0.717) is 42.2 Å². The van der Waals surface area contributed by atoms with Crippen molar-refractivity contribution >= 4 is 29.2 Å². The van der Waals surface area contributed by atoms with Crippen LogP contribution < -0.4 is 21.9 Å². The fourth-order valence-electron chi connectivity index (χ4n) is 4.45. The number of halogens is 1. The lowest BCUT2D eigenvalue weighted by atomic mass is 9.92. The fourth-order valence-corrected chi connectivity index (χ4v) is 4.58. The number of carbonyl (C=O) groups is 2. The first-order chi connectivity index (χ1) is 16.4. The minimum atomic E-state index is -1.57. The largest absolute Gasteiger partial charge is 0.366 e. The predicted molar refractivity (Wildman–Crippen MR) is 131 cm³/mol. The normalized spacial score (nSPS) is 16.4. The molecule has 2 aromatic carbocycles. The molecular weight excluding hydrogens is 454 g/mol. The maximum absolute atomic E-state index is 13.0. The molecule has 9 heteroatoms. The van der Waals surface area contributed by atoms with Gasteiger partial charge in [-0.1, -0.05) is 48.0 Å². The third-order valence-corrected chi connectivity index (χ3v) is 6.38. The first kappa shape index (κ1) is 23.5. The molecule has 1 unspecified atom stereocenters. The summed E-state index contributed by atoms with van der Waals surface area (Å²) in [6, 6.07) is 20.1. The quantitative estimate of drug-likeness (QED) is 0.504. The Balaban J connectivity index is 1.61. The summed E-state index contributed by atoms with van der Waals surface area (Å²) in [4.78, 5) is 40.2. The van der Waals surface area contributed by atoms with Crippen LogP contribution in [0.2, 0.25) is 5.02 Å². The number of piperidine rings is 1. The molecule has 0 bridgehead atoms. The molecule has 0 spiro atoms. The Morgan fingerprint density at radius 3 is 2.21 bits per heavy atom. The smallest absolute Gasteiger partial charge is 0.321 e. The number of pyridine rings is 1. The zero-order valence-corrected chi connectivity index (χ0v) is 19.2. The van der Waals surface area contributed by atoms with Gasteiger partial charge in [0.15, 0.2) is 0 Å². The summed E-state index contributed by atoms with van der Waals surface area (Å²) in [5, 5.41) is 6.13. The number of carbonyl (C=O) groups excluding carboxylic acids is 2. The van der Waals surface area contributed by atoms with Gasteiger partial charge in [0.25, 0.3) is 11.5 Å². The van der Waals surface area contributed by atoms with E-state index < -0.39 is 17.6 Å². The van der Waals surface area contributed by atoms with Gasteiger partial charge in [0.1, 0.15) is 0 Å². The zero-order valence-electron chi connectivity index (χ0n) is 18.5. The lowest BCUT2D eigenvalue weighted by molar-refractivity contribution is -0.134. The van der Waals surface area contributed by atoms with Gasteiger partial charge >= 0.3 is 6.03 Å². The number of amides is 3. The monoisotopic (exact) mass is 479 g/mol. The first-order valence-electron chi connectivity index (χ1n) is 11.0. The highest BCUT2D eigenvalue weighted by atomic mass is 35.5. The van der Waals surface area contributed by atoms with Crippen LogP contribution in [0.3, 0.4) is 0 Å². The van der Waals surface area contributed by atoms with Gasteiger partial charge in [0, 0.05) is 47.7 Å². The van der Waals surface area contributed by atoms with Crippen LogP contribution in [0.5, 0.6) is 0 Å². The molecule has 0 aliphatic carbocycles. The molecule has 1 saturated heterocycles. The van der Waals surface area contributed by atoms with Gasteiger partial charge in [0.2, 0.25) is 5.66 Å². The van der Waals surface area contributed by atoms with Crippen LogP contribution in [0.1, 0.15) is 24.4 Å². The Morgan fingerprint density at radius 2 is 1.59 bits per heavy atom. The van der Waals surface area contributed by atoms with Gasteiger partial charge in [-0.25, -0.2) is 4.79 Å². The van der Waals surface area contributed by atoms with Crippen molar-refractivity contribution in [3.8, 4) is 0 Å². The van der Waals surface area contributed by atoms with E-state index in [4.69, 9.17) is 17.3 Å². The van der Waals surface area contributed by atoms with Crippen molar-refractivity contribution in [1.82, 2.24) is 14.8 Å². The summed E-state index contributed by atoms with van der Waals surface area (Å²) in [5.74, 6) is -0.694. The molecule has 1 aliphatic rings. The van der Waals surface area contributed by atoms with E-state index in [-0.39, 0.29) is 11.6 Å². The molecule has 0 saturated carbocycles. The van der Waals surface area contributed by atoms with E-state index >= 15 is 0 Å². The second-order valence-corrected chi connectivity index (χ2v) is 8.63. The maximum Gasteiger partial charge on any atom is 0.321 e. The number of hydrogen-bond acceptors (Lipinski definition) is 4. The number of benzene rings is 2. The van der Waals surface area contributed by atoms with Gasteiger partial charge in [-0.15, -0.1) is 0 Å². The number of likely N-dealkylation sites (tertiary alicyclic amines) is 1. The summed E-state index contributed by atoms with van der Waals surface area (Å²) in [6.45, 7) is 0.899. The van der Waals surface area contributed by atoms with Crippen molar-refractivity contribution in [1.29, 1.82) is 0 Å². The van der Waals surface area contributed by atoms with E-state index in [0.717, 1.165) is 0 Å². The van der Waals surface area contributed by atoms with Gasteiger partial charge in [-0.2, -0.15) is 0 Å². The third kappa shape index (κ3) is 4.83. The van der Waals surface area contributed by atoms with E-state index in [1.54, 1.807) is 65.4 Å². The van der Waals surface area contributed by atoms with Crippen LogP contribution in [-0.2, 0) is 10.5 Å². The van der Waals surface area contributed by atoms with Crippen molar-refractivity contribution in [2.75, 3.05) is 18.4 Å². The molecule has 4 rings (SSSR count). The van der Waals surface area contributed by atoms with Crippen LogP contribution in [0, 0.1) is 0 Å². The standard InChI is InChI=1S/C25H26ClN5O3/c26-19-9-11-20(12-10-19)28-24(34)29-25(23(27)33,18-6-2-1-3-7-18)30-16-13-21(14-17-30)31-15-5-4-8-22(31)32/h1-12,15,21H,13-14,16-17H2,(H2,27,33)(H2,28,29,34). The minimum Gasteiger partial charge on any atom is -0.366 e. The maximum atomic E-state index is 13.0. The van der Waals surface area contributed by atoms with Crippen LogP contribution in [0.25, 0.3) is 0 Å². The third-order valence-electron chi connectivity index (χ3n) is 6.13. The van der Waals surface area contributed by atoms with E-state index in [1.807, 2.05) is 17.0 Å². The Morgan fingerprint density at radius 1 is 0.941 bits per heavy atom. The topological polar surface area (TPSA) is 109 Å². The number of aromatic nitrogens is 1. The lowest BCUT2D eigenvalue weighted by Crippen LogP contribution is -2.67. The highest BCUT2D eigenvalue weighted by Gasteiger charge is 2.47. The molecular formula is C25H26ClN5O3. The summed E-state index contributed by atoms with van der Waals surface area (Å²) in [6.07, 6.45) is 3.01. The molecule has 1 fully saturated rings. The van der Waals surface area contributed by atoms with E-state index in [2.05, 4.69) is 10.6 Å². The lowest BCUT2D eigenvalue weighted by Gasteiger charge is -2.45. The zero-order chi connectivity index (χ0) is 24.1. The van der Waals surface area contributed by atoms with Crippen LogP contribution >= 0.6 is 11.6 Å². The highest BCUT2D eigenvalue weighted by Crippen LogP contribution is 2.32. The number of urea groups is 1. The molecule has 3 amide bonds. The number of nitrogens with two attached hydrogens (primary N) is 1. The van der Waals surface area contributed by atoms with Gasteiger partial charge < -0.3 is 20.9 Å². The first-order valence-corrected chi connectivity index (χ1v) is 11.4. The number of nitrogens with one attached hydrogen (secondary N) is 2. The van der Waals surface area contributed by atoms with Crippen molar-refractivity contribution in [2.24, 2.45) is 5.73 Å². The molecule has 2 heterocycles. The molecule has 0 radical (unpaired) electrons. The molecule has 4 N–H and O–H groups in total. The molecule has 8 nitrogen and oxygen atoms in total. The Kier molecular flexibility index (Phi) is 7.00. The van der Waals surface area contributed by atoms with Gasteiger partial charge in [-0.05, 0) is 43.2 Å². The van der Waals surface area contributed by atoms with Crippen LogP contribution in [0.15, 0.2) is 83.8 Å². The average Bonchev–Trinajstić information content (AvgIpc) is 2.85. The predicted octanol–water partition coefficient (Wildman–Crippen LogP) is 3.30. The SMILES string of the molecule is NC(=O)C(NC(=O)Nc1ccc(Cl)cc1)(c1ccccc1)N1CCC(n2ccccc2=O)CC1. The van der Waals surface area contributed by atoms with Crippen molar-refractivity contribution in [3.63, 3.8) is 0 Å². The summed E-state index contributed by atoms with van der Waals surface area (Å²) in [5.41, 5.74) is 5.42. The molecule has 176 valence electrons. The molecule has 34 heavy (non-hydrogen) atoms. The van der Waals surface area contributed by atoms with Crippen molar-refractivity contribution in [3.05, 3.63) is 99.9 Å². The number of nitrogens with zero attached hydrogens (tertiary/aromatic N) is 2. The van der Waals surface area contributed by atoms with Crippen LogP contribution in [0.4, 0.5) is 10.5 Å². The van der Waals surface area contributed by atoms with Crippen molar-refractivity contribution < 1.29 is 9.59 Å². The number of anilines is 1. The number of hydrogen-bond donors (Lipinski definition) is 3. The average molecular weight is 480 g/mol. The highest BCUT2D eigenvalue weighted by molar-refractivity contribution is 6.30. The second-order valence-electron chi connectivity index (χ2n) is 8.19. The summed E-state index contributed by atoms with van der Waals surface area (Å²) >= 11 is 5.93. The fraction of sp³-hybridized carbons (Fsp3) is 0.240. The molecule has 1 aromatic heterocycles. The van der Waals surface area contributed by atoms with E-state index in [1.165, 1.54) is 6.07 Å². The van der Waals surface area contributed by atoms with Gasteiger partial charge in [-0.3, -0.25) is 14.5 Å². The summed E-state index contributed by atoms with van der Waals surface area (Å²) in [7, 11) is 0. The summed E-state index contributed by atoms with van der Waals surface area (Å²) < 4.78 is 1.71. The molecule has 1 aliphatic heterocycles. The van der Waals surface area contributed by atoms with Crippen LogP contribution in [-0.4, -0.2) is 34.5 Å². The minimum absolute atomic E-state index is 0.00538. The second kappa shape index (κ2) is 10.1. The Hall–Kier alpha value is -3.62. The van der Waals surface area contributed by atoms with E-state index in [9.17, 15) is 14.4 Å².